The van der Waals surface area contributed by atoms with Crippen LogP contribution in [-0.4, -0.2) is 43.0 Å². The molecule has 0 aliphatic carbocycles. The molecule has 1 fully saturated rings. The maximum absolute atomic E-state index is 10.8. The summed E-state index contributed by atoms with van der Waals surface area (Å²) in [6, 6.07) is 0. The summed E-state index contributed by atoms with van der Waals surface area (Å²) in [6.07, 6.45) is 1.40. The number of nitrogens with zero attached hydrogens (tertiary/aromatic N) is 1. The first-order chi connectivity index (χ1) is 6.61. The average Bonchev–Trinajstić information content (AvgIpc) is 2.15. The van der Waals surface area contributed by atoms with E-state index >= 15 is 0 Å². The first-order valence-electron chi connectivity index (χ1n) is 4.24. The molecule has 0 bridgehead atoms. The second-order valence-electron chi connectivity index (χ2n) is 2.92. The second-order valence-corrected chi connectivity index (χ2v) is 2.92. The number of nitrogens with two attached hydrogens (primary N) is 2. The van der Waals surface area contributed by atoms with Crippen molar-refractivity contribution in [3.63, 3.8) is 0 Å². The third-order valence-electron chi connectivity index (χ3n) is 1.89. The molecule has 6 nitrogen and oxygen atoms in total. The SMILES string of the molecule is NC(=O)C(=CN1CCOCC1)C(N)=O. The highest BCUT2D eigenvalue weighted by molar-refractivity contribution is 6.17. The van der Waals surface area contributed by atoms with Crippen molar-refractivity contribution in [2.75, 3.05) is 26.3 Å². The summed E-state index contributed by atoms with van der Waals surface area (Å²) < 4.78 is 5.10. The van der Waals surface area contributed by atoms with Crippen LogP contribution in [0.25, 0.3) is 0 Å². The fraction of sp³-hybridized carbons (Fsp3) is 0.500. The van der Waals surface area contributed by atoms with E-state index in [1.165, 1.54) is 6.20 Å². The minimum atomic E-state index is -0.802. The van der Waals surface area contributed by atoms with Gasteiger partial charge >= 0.3 is 0 Å². The Labute approximate surface area is 81.5 Å². The number of amides is 2. The molecule has 0 spiro atoms. The van der Waals surface area contributed by atoms with Crippen molar-refractivity contribution >= 4 is 11.8 Å². The van der Waals surface area contributed by atoms with Gasteiger partial charge in [-0.25, -0.2) is 0 Å². The molecule has 0 unspecified atom stereocenters. The van der Waals surface area contributed by atoms with E-state index in [4.69, 9.17) is 16.2 Å². The summed E-state index contributed by atoms with van der Waals surface area (Å²) in [5.41, 5.74) is 9.80. The molecular weight excluding hydrogens is 186 g/mol. The third-order valence-corrected chi connectivity index (χ3v) is 1.89. The number of primary amides is 2. The van der Waals surface area contributed by atoms with Gasteiger partial charge in [0.2, 0.25) is 0 Å². The van der Waals surface area contributed by atoms with Gasteiger partial charge in [-0.1, -0.05) is 0 Å². The highest BCUT2D eigenvalue weighted by Crippen LogP contribution is 2.01. The summed E-state index contributed by atoms with van der Waals surface area (Å²) in [7, 11) is 0. The van der Waals surface area contributed by atoms with Crippen molar-refractivity contribution in [3.8, 4) is 0 Å². The number of hydrogen-bond acceptors (Lipinski definition) is 4. The Morgan fingerprint density at radius 2 is 1.64 bits per heavy atom. The fourth-order valence-electron chi connectivity index (χ4n) is 1.14. The molecule has 6 heteroatoms. The van der Waals surface area contributed by atoms with Crippen LogP contribution in [0.4, 0.5) is 0 Å². The molecule has 78 valence electrons. The second kappa shape index (κ2) is 4.61. The predicted molar refractivity (Wildman–Crippen MR) is 48.9 cm³/mol. The lowest BCUT2D eigenvalue weighted by Crippen LogP contribution is -2.35. The largest absolute Gasteiger partial charge is 0.378 e. The number of ether oxygens (including phenoxy) is 1. The minimum Gasteiger partial charge on any atom is -0.378 e. The van der Waals surface area contributed by atoms with Crippen LogP contribution < -0.4 is 11.5 Å². The van der Waals surface area contributed by atoms with Gasteiger partial charge in [-0.3, -0.25) is 9.59 Å². The van der Waals surface area contributed by atoms with Crippen molar-refractivity contribution in [1.82, 2.24) is 4.90 Å². The van der Waals surface area contributed by atoms with Crippen LogP contribution in [0.2, 0.25) is 0 Å². The highest BCUT2D eigenvalue weighted by Gasteiger charge is 2.15. The molecular formula is C8H13N3O3. The van der Waals surface area contributed by atoms with Crippen LogP contribution >= 0.6 is 0 Å². The normalized spacial score (nSPS) is 16.1. The van der Waals surface area contributed by atoms with E-state index in [0.717, 1.165) is 0 Å². The highest BCUT2D eigenvalue weighted by atomic mass is 16.5. The van der Waals surface area contributed by atoms with Gasteiger partial charge in [-0.05, 0) is 0 Å². The lowest BCUT2D eigenvalue weighted by Gasteiger charge is -2.25. The zero-order valence-corrected chi connectivity index (χ0v) is 7.73. The molecule has 0 aromatic heterocycles. The van der Waals surface area contributed by atoms with E-state index < -0.39 is 11.8 Å². The molecule has 0 saturated carbocycles. The lowest BCUT2D eigenvalue weighted by atomic mass is 10.2. The predicted octanol–water partition coefficient (Wildman–Crippen LogP) is -1.83. The van der Waals surface area contributed by atoms with Crippen molar-refractivity contribution < 1.29 is 14.3 Å². The summed E-state index contributed by atoms with van der Waals surface area (Å²) in [5.74, 6) is -1.60. The molecule has 0 atom stereocenters. The van der Waals surface area contributed by atoms with Gasteiger partial charge in [-0.2, -0.15) is 0 Å². The molecule has 1 saturated heterocycles. The molecule has 0 radical (unpaired) electrons. The van der Waals surface area contributed by atoms with E-state index in [0.29, 0.717) is 26.3 Å². The van der Waals surface area contributed by atoms with Gasteiger partial charge < -0.3 is 21.1 Å². The molecule has 0 aromatic carbocycles. The third kappa shape index (κ3) is 2.74. The van der Waals surface area contributed by atoms with Crippen molar-refractivity contribution in [2.24, 2.45) is 11.5 Å². The topological polar surface area (TPSA) is 98.7 Å². The summed E-state index contributed by atoms with van der Waals surface area (Å²) >= 11 is 0. The summed E-state index contributed by atoms with van der Waals surface area (Å²) in [5, 5.41) is 0. The van der Waals surface area contributed by atoms with Crippen LogP contribution in [0, 0.1) is 0 Å². The molecule has 1 aliphatic heterocycles. The molecule has 4 N–H and O–H groups in total. The Kier molecular flexibility index (Phi) is 3.47. The van der Waals surface area contributed by atoms with Crippen LogP contribution in [-0.2, 0) is 14.3 Å². The Balaban J connectivity index is 2.70. The standard InChI is InChI=1S/C8H13N3O3/c9-7(12)6(8(10)13)5-11-1-3-14-4-2-11/h5H,1-4H2,(H2,9,12)(H2,10,13). The van der Waals surface area contributed by atoms with Crippen LogP contribution in [0.5, 0.6) is 0 Å². The monoisotopic (exact) mass is 199 g/mol. The lowest BCUT2D eigenvalue weighted by molar-refractivity contribution is -0.120. The Hall–Kier alpha value is -1.56. The maximum Gasteiger partial charge on any atom is 0.255 e. The van der Waals surface area contributed by atoms with Gasteiger partial charge in [0.15, 0.2) is 0 Å². The number of carbonyl (C=O) groups is 2. The molecule has 1 aliphatic rings. The quantitative estimate of drug-likeness (QED) is 0.317. The minimum absolute atomic E-state index is 0.174. The molecule has 2 amide bonds. The zero-order chi connectivity index (χ0) is 10.6. The smallest absolute Gasteiger partial charge is 0.255 e. The van der Waals surface area contributed by atoms with Gasteiger partial charge in [-0.15, -0.1) is 0 Å². The Morgan fingerprint density at radius 1 is 1.14 bits per heavy atom. The van der Waals surface area contributed by atoms with Crippen molar-refractivity contribution in [1.29, 1.82) is 0 Å². The Bertz CT molecular complexity index is 253. The van der Waals surface area contributed by atoms with E-state index in [9.17, 15) is 9.59 Å². The van der Waals surface area contributed by atoms with E-state index in [2.05, 4.69) is 0 Å². The van der Waals surface area contributed by atoms with E-state index in [1.807, 2.05) is 0 Å². The fourth-order valence-corrected chi connectivity index (χ4v) is 1.14. The van der Waals surface area contributed by atoms with Crippen molar-refractivity contribution in [3.05, 3.63) is 11.8 Å². The number of hydrogen-bond donors (Lipinski definition) is 2. The number of rotatable bonds is 3. The van der Waals surface area contributed by atoms with Gasteiger partial charge in [0.05, 0.1) is 13.2 Å². The average molecular weight is 199 g/mol. The van der Waals surface area contributed by atoms with Crippen LogP contribution in [0.3, 0.4) is 0 Å². The number of carbonyl (C=O) groups excluding carboxylic acids is 2. The van der Waals surface area contributed by atoms with E-state index in [-0.39, 0.29) is 5.57 Å². The molecule has 14 heavy (non-hydrogen) atoms. The van der Waals surface area contributed by atoms with Gasteiger partial charge in [0.1, 0.15) is 5.57 Å². The molecule has 0 aromatic rings. The zero-order valence-electron chi connectivity index (χ0n) is 7.73. The Morgan fingerprint density at radius 3 is 2.07 bits per heavy atom. The maximum atomic E-state index is 10.8. The van der Waals surface area contributed by atoms with Gasteiger partial charge in [0, 0.05) is 19.3 Å². The van der Waals surface area contributed by atoms with Crippen molar-refractivity contribution in [2.45, 2.75) is 0 Å². The summed E-state index contributed by atoms with van der Waals surface area (Å²) in [6.45, 7) is 2.40. The first-order valence-corrected chi connectivity index (χ1v) is 4.24. The first kappa shape index (κ1) is 10.5. The molecule has 1 heterocycles. The summed E-state index contributed by atoms with van der Waals surface area (Å²) in [4.78, 5) is 23.4. The van der Waals surface area contributed by atoms with Crippen LogP contribution in [0.15, 0.2) is 11.8 Å². The van der Waals surface area contributed by atoms with Crippen LogP contribution in [0.1, 0.15) is 0 Å². The number of morpholine rings is 1. The molecule has 1 rings (SSSR count). The van der Waals surface area contributed by atoms with E-state index in [1.54, 1.807) is 4.90 Å². The van der Waals surface area contributed by atoms with Gasteiger partial charge in [0.25, 0.3) is 11.8 Å².